The van der Waals surface area contributed by atoms with E-state index in [4.69, 9.17) is 4.74 Å². The van der Waals surface area contributed by atoms with Gasteiger partial charge in [-0.25, -0.2) is 19.0 Å². The van der Waals surface area contributed by atoms with Gasteiger partial charge in [0.05, 0.1) is 18.3 Å². The van der Waals surface area contributed by atoms with Crippen molar-refractivity contribution in [2.75, 3.05) is 56.5 Å². The molecule has 16 nitrogen and oxygen atoms in total. The van der Waals surface area contributed by atoms with Gasteiger partial charge in [0, 0.05) is 50.9 Å². The molecule has 3 heterocycles. The number of hydrogen-bond acceptors (Lipinski definition) is 11. The van der Waals surface area contributed by atoms with Crippen LogP contribution in [0.25, 0.3) is 11.4 Å². The quantitative estimate of drug-likeness (QED) is 0.143. The first-order chi connectivity index (χ1) is 23.5. The summed E-state index contributed by atoms with van der Waals surface area (Å²) in [6, 6.07) is 8.91. The summed E-state index contributed by atoms with van der Waals surface area (Å²) in [6.45, 7) is 5.37. The van der Waals surface area contributed by atoms with Crippen LogP contribution in [0.1, 0.15) is 50.0 Å². The highest BCUT2D eigenvalue weighted by atomic mass is 32.2. The fourth-order valence-corrected chi connectivity index (χ4v) is 6.10. The van der Waals surface area contributed by atoms with Gasteiger partial charge in [-0.3, -0.25) is 14.4 Å². The zero-order chi connectivity index (χ0) is 35.5. The van der Waals surface area contributed by atoms with Crippen molar-refractivity contribution in [2.24, 2.45) is 5.92 Å². The lowest BCUT2D eigenvalue weighted by molar-refractivity contribution is -0.135. The average Bonchev–Trinajstić information content (AvgIpc) is 3.11. The molecular formula is C32H45N7O9S. The zero-order valence-corrected chi connectivity index (χ0v) is 28.5. The summed E-state index contributed by atoms with van der Waals surface area (Å²) in [5.41, 5.74) is 0.402. The van der Waals surface area contributed by atoms with Crippen LogP contribution >= 0.6 is 0 Å². The summed E-state index contributed by atoms with van der Waals surface area (Å²) >= 11 is -2.24. The van der Waals surface area contributed by atoms with Gasteiger partial charge in [-0.15, -0.1) is 0 Å². The lowest BCUT2D eigenvalue weighted by Crippen LogP contribution is -2.56. The van der Waals surface area contributed by atoms with Crippen molar-refractivity contribution >= 4 is 40.7 Å². The van der Waals surface area contributed by atoms with E-state index in [0.717, 1.165) is 12.8 Å². The molecule has 2 aliphatic heterocycles. The number of piperazine rings is 1. The minimum absolute atomic E-state index is 0.112. The van der Waals surface area contributed by atoms with Crippen LogP contribution in [0.5, 0.6) is 0 Å². The third-order valence-electron chi connectivity index (χ3n) is 8.43. The van der Waals surface area contributed by atoms with E-state index in [1.165, 1.54) is 20.8 Å². The number of nitrogens with zero attached hydrogens (tertiary/aromatic N) is 5. The molecule has 2 aliphatic rings. The largest absolute Gasteiger partial charge is 0.449 e. The second kappa shape index (κ2) is 18.0. The summed E-state index contributed by atoms with van der Waals surface area (Å²) in [5, 5.41) is 27.2. The maximum absolute atomic E-state index is 13.8. The Kier molecular flexibility index (Phi) is 13.8. The van der Waals surface area contributed by atoms with Crippen LogP contribution in [0.4, 0.5) is 10.6 Å². The maximum Gasteiger partial charge on any atom is 0.409 e. The van der Waals surface area contributed by atoms with Crippen LogP contribution < -0.4 is 15.5 Å². The molecule has 5 atom stereocenters. The van der Waals surface area contributed by atoms with Crippen molar-refractivity contribution in [2.45, 2.75) is 57.9 Å². The molecule has 17 heteroatoms. The molecule has 2 saturated heterocycles. The SMILES string of the molecule is CCCCOC(=O)N1CCN(C(=O)[C@H](CCS(=O)O)NC(=O)c2cc(N3CCC(C(=O)NCC)C(O)C3O)nc(-c3ccccc3)n2)CC1. The molecule has 2 fully saturated rings. The molecule has 2 aromatic rings. The molecule has 0 saturated carbocycles. The van der Waals surface area contributed by atoms with Gasteiger partial charge in [0.25, 0.3) is 5.91 Å². The maximum atomic E-state index is 13.8. The van der Waals surface area contributed by atoms with Crippen LogP contribution in [-0.2, 0) is 25.4 Å². The Bertz CT molecular complexity index is 1480. The predicted octanol–water partition coefficient (Wildman–Crippen LogP) is 0.576. The number of aromatic nitrogens is 2. The highest BCUT2D eigenvalue weighted by Crippen LogP contribution is 2.29. The van der Waals surface area contributed by atoms with Gasteiger partial charge < -0.3 is 44.8 Å². The number of unbranched alkanes of at least 4 members (excludes halogenated alkanes) is 1. The molecule has 0 aliphatic carbocycles. The lowest BCUT2D eigenvalue weighted by Gasteiger charge is -2.40. The van der Waals surface area contributed by atoms with Crippen LogP contribution in [0.3, 0.4) is 0 Å². The first kappa shape index (κ1) is 37.6. The van der Waals surface area contributed by atoms with Crippen molar-refractivity contribution in [1.29, 1.82) is 0 Å². The van der Waals surface area contributed by atoms with Crippen molar-refractivity contribution < 1.29 is 42.9 Å². The number of aliphatic hydroxyl groups is 2. The monoisotopic (exact) mass is 703 g/mol. The standard InChI is InChI=1S/C32H45N7O9S/c1-3-5-18-48-32(45)38-16-14-37(15-17-38)30(43)23(12-19-49(46)47)35-29(42)24-20-25(36-27(34-24)21-9-7-6-8-10-21)39-13-11-22(26(40)31(39)44)28(41)33-4-2/h6-10,20,22-23,26,31,40,44H,3-5,11-19H2,1-2H3,(H,33,41)(H,35,42)(H,46,47)/t22?,23-,26?,31?/m0/s1. The van der Waals surface area contributed by atoms with Crippen LogP contribution in [0, 0.1) is 5.92 Å². The first-order valence-electron chi connectivity index (χ1n) is 16.5. The van der Waals surface area contributed by atoms with Gasteiger partial charge in [-0.2, -0.15) is 0 Å². The number of carbonyl (C=O) groups is 4. The molecule has 0 bridgehead atoms. The minimum atomic E-state index is -2.24. The number of nitrogens with one attached hydrogen (secondary N) is 2. The van der Waals surface area contributed by atoms with E-state index in [9.17, 15) is 38.2 Å². The molecule has 49 heavy (non-hydrogen) atoms. The smallest absolute Gasteiger partial charge is 0.409 e. The highest BCUT2D eigenvalue weighted by molar-refractivity contribution is 7.79. The van der Waals surface area contributed by atoms with E-state index in [-0.39, 0.29) is 74.6 Å². The number of aliphatic hydroxyl groups excluding tert-OH is 2. The molecule has 4 amide bonds. The summed E-state index contributed by atoms with van der Waals surface area (Å²) < 4.78 is 26.3. The zero-order valence-electron chi connectivity index (χ0n) is 27.7. The molecule has 4 rings (SSSR count). The highest BCUT2D eigenvalue weighted by Gasteiger charge is 2.40. The fraction of sp³-hybridized carbons (Fsp3) is 0.562. The van der Waals surface area contributed by atoms with Crippen LogP contribution in [0.15, 0.2) is 36.4 Å². The number of benzene rings is 1. The third kappa shape index (κ3) is 9.93. The number of hydrogen-bond donors (Lipinski definition) is 5. The van der Waals surface area contributed by atoms with E-state index in [0.29, 0.717) is 18.7 Å². The van der Waals surface area contributed by atoms with E-state index in [1.54, 1.807) is 37.3 Å². The van der Waals surface area contributed by atoms with Gasteiger partial charge in [-0.1, -0.05) is 43.7 Å². The molecule has 5 N–H and O–H groups in total. The number of anilines is 1. The van der Waals surface area contributed by atoms with E-state index in [1.807, 2.05) is 6.92 Å². The Balaban J connectivity index is 1.55. The molecule has 1 aromatic carbocycles. The molecule has 1 aromatic heterocycles. The van der Waals surface area contributed by atoms with Crippen molar-refractivity contribution in [1.82, 2.24) is 30.4 Å². The van der Waals surface area contributed by atoms with E-state index in [2.05, 4.69) is 20.6 Å². The number of ether oxygens (including phenoxy) is 1. The second-order valence-corrected chi connectivity index (χ2v) is 12.9. The first-order valence-corrected chi connectivity index (χ1v) is 17.7. The van der Waals surface area contributed by atoms with Crippen molar-refractivity contribution in [3.8, 4) is 11.4 Å². The Morgan fingerprint density at radius 1 is 1.02 bits per heavy atom. The van der Waals surface area contributed by atoms with Gasteiger partial charge in [0.15, 0.2) is 23.1 Å². The predicted molar refractivity (Wildman–Crippen MR) is 180 cm³/mol. The summed E-state index contributed by atoms with van der Waals surface area (Å²) in [4.78, 5) is 65.6. The normalized spacial score (nSPS) is 20.7. The molecule has 0 radical (unpaired) electrons. The summed E-state index contributed by atoms with van der Waals surface area (Å²) in [5.74, 6) is -2.51. The van der Waals surface area contributed by atoms with Crippen LogP contribution in [0.2, 0.25) is 0 Å². The summed E-state index contributed by atoms with van der Waals surface area (Å²) in [7, 11) is 0. The van der Waals surface area contributed by atoms with Crippen LogP contribution in [-0.4, -0.2) is 133 Å². The number of rotatable bonds is 13. The van der Waals surface area contributed by atoms with Crippen molar-refractivity contribution in [3.05, 3.63) is 42.1 Å². The Morgan fingerprint density at radius 3 is 2.37 bits per heavy atom. The molecular weight excluding hydrogens is 658 g/mol. The number of carbonyl (C=O) groups excluding carboxylic acids is 4. The third-order valence-corrected chi connectivity index (χ3v) is 9.02. The van der Waals surface area contributed by atoms with Gasteiger partial charge in [-0.05, 0) is 26.2 Å². The molecule has 0 spiro atoms. The number of amides is 4. The Hall–Kier alpha value is -4.19. The molecule has 268 valence electrons. The van der Waals surface area contributed by atoms with Crippen molar-refractivity contribution in [3.63, 3.8) is 0 Å². The van der Waals surface area contributed by atoms with E-state index < -0.39 is 53.3 Å². The lowest BCUT2D eigenvalue weighted by atomic mass is 9.91. The van der Waals surface area contributed by atoms with Gasteiger partial charge in [0.1, 0.15) is 23.7 Å². The Morgan fingerprint density at radius 2 is 1.71 bits per heavy atom. The second-order valence-electron chi connectivity index (χ2n) is 11.8. The number of piperidine rings is 1. The molecule has 4 unspecified atom stereocenters. The van der Waals surface area contributed by atoms with Gasteiger partial charge >= 0.3 is 6.09 Å². The summed E-state index contributed by atoms with van der Waals surface area (Å²) in [6.07, 6.45) is -1.73. The minimum Gasteiger partial charge on any atom is -0.449 e. The topological polar surface area (TPSA) is 215 Å². The van der Waals surface area contributed by atoms with Gasteiger partial charge in [0.2, 0.25) is 11.8 Å². The van der Waals surface area contributed by atoms with E-state index >= 15 is 0 Å². The average molecular weight is 704 g/mol. The fourth-order valence-electron chi connectivity index (χ4n) is 5.66. The Labute approximate surface area is 287 Å².